The number of nitrogens with zero attached hydrogens (tertiary/aromatic N) is 3. The Bertz CT molecular complexity index is 819. The van der Waals surface area contributed by atoms with Crippen molar-refractivity contribution in [2.24, 2.45) is 0 Å². The molecule has 1 aromatic carbocycles. The first kappa shape index (κ1) is 12.8. The van der Waals surface area contributed by atoms with Crippen molar-refractivity contribution in [1.29, 1.82) is 0 Å². The third-order valence-electron chi connectivity index (χ3n) is 3.77. The highest BCUT2D eigenvalue weighted by atomic mass is 16.1. The number of aromatic nitrogens is 4. The molecule has 6 nitrogen and oxygen atoms in total. The lowest BCUT2D eigenvalue weighted by molar-refractivity contribution is 0.0951. The molecule has 4 rings (SSSR count). The number of H-pyrrole nitrogens is 1. The number of hydrogen-bond acceptors (Lipinski definition) is 3. The Morgan fingerprint density at radius 2 is 2.18 bits per heavy atom. The summed E-state index contributed by atoms with van der Waals surface area (Å²) in [7, 11) is 0. The quantitative estimate of drug-likeness (QED) is 0.758. The SMILES string of the molecule is O=C1NCCCc2[nH]c(-c3cccc(-n4cccn4)c3)nc21. The van der Waals surface area contributed by atoms with Gasteiger partial charge in [0.15, 0.2) is 0 Å². The lowest BCUT2D eigenvalue weighted by Gasteiger charge is -2.03. The summed E-state index contributed by atoms with van der Waals surface area (Å²) in [6, 6.07) is 9.80. The van der Waals surface area contributed by atoms with Gasteiger partial charge in [-0.1, -0.05) is 12.1 Å². The highest BCUT2D eigenvalue weighted by Gasteiger charge is 2.20. The minimum absolute atomic E-state index is 0.0989. The predicted octanol–water partition coefficient (Wildman–Crippen LogP) is 1.94. The van der Waals surface area contributed by atoms with E-state index >= 15 is 0 Å². The summed E-state index contributed by atoms with van der Waals surface area (Å²) < 4.78 is 1.80. The highest BCUT2D eigenvalue weighted by Crippen LogP contribution is 2.22. The molecule has 1 aliphatic rings. The van der Waals surface area contributed by atoms with Crippen LogP contribution in [0.25, 0.3) is 17.1 Å². The summed E-state index contributed by atoms with van der Waals surface area (Å²) in [6.45, 7) is 0.702. The Hall–Kier alpha value is -2.89. The van der Waals surface area contributed by atoms with Crippen LogP contribution in [0.2, 0.25) is 0 Å². The van der Waals surface area contributed by atoms with E-state index in [9.17, 15) is 4.79 Å². The van der Waals surface area contributed by atoms with E-state index in [0.29, 0.717) is 12.2 Å². The Kier molecular flexibility index (Phi) is 3.00. The molecule has 22 heavy (non-hydrogen) atoms. The van der Waals surface area contributed by atoms with Gasteiger partial charge in [0.25, 0.3) is 5.91 Å². The van der Waals surface area contributed by atoms with Crippen molar-refractivity contribution in [3.63, 3.8) is 0 Å². The Morgan fingerprint density at radius 1 is 1.23 bits per heavy atom. The number of hydrogen-bond donors (Lipinski definition) is 2. The third kappa shape index (κ3) is 2.18. The van der Waals surface area contributed by atoms with Crippen molar-refractivity contribution < 1.29 is 4.79 Å². The zero-order chi connectivity index (χ0) is 14.9. The van der Waals surface area contributed by atoms with Crippen molar-refractivity contribution in [2.75, 3.05) is 6.54 Å². The zero-order valence-corrected chi connectivity index (χ0v) is 11.9. The fourth-order valence-electron chi connectivity index (χ4n) is 2.68. The van der Waals surface area contributed by atoms with Crippen molar-refractivity contribution in [3.05, 3.63) is 54.1 Å². The van der Waals surface area contributed by atoms with Crippen molar-refractivity contribution >= 4 is 5.91 Å². The summed E-state index contributed by atoms with van der Waals surface area (Å²) >= 11 is 0. The maximum absolute atomic E-state index is 12.0. The number of fused-ring (bicyclic) bond motifs is 1. The fraction of sp³-hybridized carbons (Fsp3) is 0.188. The molecule has 0 saturated carbocycles. The number of benzene rings is 1. The molecule has 6 heteroatoms. The standard InChI is InChI=1S/C16H15N5O/c22-16-14-13(6-2-7-17-16)19-15(20-14)11-4-1-5-12(10-11)21-9-3-8-18-21/h1,3-5,8-10H,2,6-7H2,(H,17,22)(H,19,20). The fourth-order valence-corrected chi connectivity index (χ4v) is 2.68. The van der Waals surface area contributed by atoms with Gasteiger partial charge in [-0.05, 0) is 31.0 Å². The summed E-state index contributed by atoms with van der Waals surface area (Å²) in [5.41, 5.74) is 3.32. The van der Waals surface area contributed by atoms with E-state index in [-0.39, 0.29) is 5.91 Å². The van der Waals surface area contributed by atoms with Crippen LogP contribution in [-0.4, -0.2) is 32.2 Å². The minimum atomic E-state index is -0.0989. The highest BCUT2D eigenvalue weighted by molar-refractivity contribution is 5.94. The summed E-state index contributed by atoms with van der Waals surface area (Å²) in [5, 5.41) is 7.10. The lowest BCUT2D eigenvalue weighted by atomic mass is 10.2. The third-order valence-corrected chi connectivity index (χ3v) is 3.77. The second-order valence-electron chi connectivity index (χ2n) is 5.27. The van der Waals surface area contributed by atoms with Gasteiger partial charge in [0.05, 0.1) is 5.69 Å². The largest absolute Gasteiger partial charge is 0.351 e. The topological polar surface area (TPSA) is 75.6 Å². The van der Waals surface area contributed by atoms with Crippen LogP contribution in [0.15, 0.2) is 42.7 Å². The van der Waals surface area contributed by atoms with Gasteiger partial charge in [0.1, 0.15) is 11.5 Å². The van der Waals surface area contributed by atoms with E-state index in [1.54, 1.807) is 10.9 Å². The normalized spacial score (nSPS) is 14.3. The Labute approximate surface area is 127 Å². The van der Waals surface area contributed by atoms with Crippen molar-refractivity contribution in [1.82, 2.24) is 25.1 Å². The minimum Gasteiger partial charge on any atom is -0.351 e. The predicted molar refractivity (Wildman–Crippen MR) is 81.8 cm³/mol. The molecule has 2 N–H and O–H groups in total. The maximum atomic E-state index is 12.0. The molecule has 3 aromatic rings. The van der Waals surface area contributed by atoms with Gasteiger partial charge < -0.3 is 10.3 Å². The number of rotatable bonds is 2. The second kappa shape index (κ2) is 5.14. The first-order chi connectivity index (χ1) is 10.8. The first-order valence-corrected chi connectivity index (χ1v) is 7.29. The van der Waals surface area contributed by atoms with Gasteiger partial charge in [0, 0.05) is 30.2 Å². The maximum Gasteiger partial charge on any atom is 0.271 e. The van der Waals surface area contributed by atoms with Crippen LogP contribution >= 0.6 is 0 Å². The molecule has 0 saturated heterocycles. The molecule has 1 amide bonds. The van der Waals surface area contributed by atoms with Gasteiger partial charge in [-0.15, -0.1) is 0 Å². The van der Waals surface area contributed by atoms with E-state index in [0.717, 1.165) is 35.6 Å². The molecule has 1 aliphatic heterocycles. The van der Waals surface area contributed by atoms with Gasteiger partial charge in [-0.3, -0.25) is 4.79 Å². The molecule has 0 unspecified atom stereocenters. The smallest absolute Gasteiger partial charge is 0.271 e. The van der Waals surface area contributed by atoms with E-state index in [1.165, 1.54) is 0 Å². The van der Waals surface area contributed by atoms with E-state index in [4.69, 9.17) is 0 Å². The lowest BCUT2D eigenvalue weighted by Crippen LogP contribution is -2.23. The Morgan fingerprint density at radius 3 is 3.05 bits per heavy atom. The number of nitrogens with one attached hydrogen (secondary N) is 2. The van der Waals surface area contributed by atoms with Gasteiger partial charge in [-0.25, -0.2) is 9.67 Å². The van der Waals surface area contributed by atoms with Crippen LogP contribution in [0.4, 0.5) is 0 Å². The average Bonchev–Trinajstić information content (AvgIpc) is 3.19. The number of imidazole rings is 1. The zero-order valence-electron chi connectivity index (χ0n) is 11.9. The van der Waals surface area contributed by atoms with E-state index < -0.39 is 0 Å². The molecule has 0 radical (unpaired) electrons. The molecule has 2 aromatic heterocycles. The summed E-state index contributed by atoms with van der Waals surface area (Å²) in [4.78, 5) is 19.8. The number of carbonyl (C=O) groups is 1. The molecule has 0 aliphatic carbocycles. The van der Waals surface area contributed by atoms with E-state index in [2.05, 4.69) is 20.4 Å². The molecular weight excluding hydrogens is 278 g/mol. The van der Waals surface area contributed by atoms with Crippen LogP contribution in [0.5, 0.6) is 0 Å². The molecule has 0 atom stereocenters. The van der Waals surface area contributed by atoms with Gasteiger partial charge >= 0.3 is 0 Å². The molecular formula is C16H15N5O. The second-order valence-corrected chi connectivity index (χ2v) is 5.27. The van der Waals surface area contributed by atoms with Crippen LogP contribution in [0.1, 0.15) is 22.6 Å². The van der Waals surface area contributed by atoms with Crippen LogP contribution in [-0.2, 0) is 6.42 Å². The molecule has 0 bridgehead atoms. The average molecular weight is 293 g/mol. The molecule has 0 spiro atoms. The number of aromatic amines is 1. The van der Waals surface area contributed by atoms with Crippen molar-refractivity contribution in [2.45, 2.75) is 12.8 Å². The van der Waals surface area contributed by atoms with Gasteiger partial charge in [0.2, 0.25) is 0 Å². The molecule has 3 heterocycles. The monoisotopic (exact) mass is 293 g/mol. The number of aryl methyl sites for hydroxylation is 1. The van der Waals surface area contributed by atoms with Crippen molar-refractivity contribution in [3.8, 4) is 17.1 Å². The van der Waals surface area contributed by atoms with E-state index in [1.807, 2.05) is 36.5 Å². The van der Waals surface area contributed by atoms with Crippen LogP contribution in [0.3, 0.4) is 0 Å². The Balaban J connectivity index is 1.75. The van der Waals surface area contributed by atoms with Crippen LogP contribution < -0.4 is 5.32 Å². The van der Waals surface area contributed by atoms with Crippen LogP contribution in [0, 0.1) is 0 Å². The van der Waals surface area contributed by atoms with Gasteiger partial charge in [-0.2, -0.15) is 5.10 Å². The molecule has 0 fully saturated rings. The number of amides is 1. The summed E-state index contributed by atoms with van der Waals surface area (Å²) in [5.74, 6) is 0.620. The first-order valence-electron chi connectivity index (χ1n) is 7.29. The summed E-state index contributed by atoms with van der Waals surface area (Å²) in [6.07, 6.45) is 5.39. The molecule has 110 valence electrons. The number of carbonyl (C=O) groups excluding carboxylic acids is 1.